The van der Waals surface area contributed by atoms with E-state index in [1.807, 2.05) is 0 Å². The molecule has 1 aliphatic heterocycles. The Balaban J connectivity index is 2.00. The van der Waals surface area contributed by atoms with Gasteiger partial charge in [-0.05, 0) is 53.4 Å². The van der Waals surface area contributed by atoms with Gasteiger partial charge in [0.2, 0.25) is 15.9 Å². The number of furan rings is 1. The summed E-state index contributed by atoms with van der Waals surface area (Å²) in [7, 11) is -3.25. The molecule has 0 aliphatic carbocycles. The van der Waals surface area contributed by atoms with Crippen LogP contribution in [0.25, 0.3) is 6.08 Å². The molecule has 1 aromatic heterocycles. The number of likely N-dealkylation sites (tertiary alicyclic amines) is 1. The first-order chi connectivity index (χ1) is 10.3. The molecule has 6 nitrogen and oxygen atoms in total. The summed E-state index contributed by atoms with van der Waals surface area (Å²) in [6.45, 7) is 0.895. The molecular formula is C14H19BrN2O4S. The Bertz CT molecular complexity index is 654. The van der Waals surface area contributed by atoms with Gasteiger partial charge >= 0.3 is 0 Å². The van der Waals surface area contributed by atoms with Crippen LogP contribution < -0.4 is 4.72 Å². The Kier molecular flexibility index (Phi) is 5.82. The summed E-state index contributed by atoms with van der Waals surface area (Å²) in [4.78, 5) is 14.0. The molecule has 1 saturated heterocycles. The number of piperidine rings is 1. The second-order valence-electron chi connectivity index (χ2n) is 5.28. The van der Waals surface area contributed by atoms with Gasteiger partial charge in [0, 0.05) is 25.2 Å². The molecule has 2 rings (SSSR count). The molecule has 1 amide bonds. The van der Waals surface area contributed by atoms with E-state index in [1.165, 1.54) is 6.08 Å². The summed E-state index contributed by atoms with van der Waals surface area (Å²) in [5.74, 6) is 0.454. The predicted molar refractivity (Wildman–Crippen MR) is 87.6 cm³/mol. The zero-order chi connectivity index (χ0) is 16.2. The highest BCUT2D eigenvalue weighted by Gasteiger charge is 2.25. The fourth-order valence-electron chi connectivity index (χ4n) is 2.42. The lowest BCUT2D eigenvalue weighted by atomic mass is 10.0. The predicted octanol–water partition coefficient (Wildman–Crippen LogP) is 1.99. The molecule has 1 atom stereocenters. The van der Waals surface area contributed by atoms with E-state index in [9.17, 15) is 13.2 Å². The number of nitrogens with zero attached hydrogens (tertiary/aromatic N) is 1. The maximum Gasteiger partial charge on any atom is 0.246 e. The van der Waals surface area contributed by atoms with E-state index in [0.29, 0.717) is 17.0 Å². The molecule has 2 heterocycles. The lowest BCUT2D eigenvalue weighted by Crippen LogP contribution is -2.48. The number of carbonyl (C=O) groups is 1. The van der Waals surface area contributed by atoms with Crippen LogP contribution in [-0.2, 0) is 14.8 Å². The molecule has 0 saturated carbocycles. The van der Waals surface area contributed by atoms with E-state index in [4.69, 9.17) is 4.42 Å². The Hall–Kier alpha value is -1.12. The molecule has 8 heteroatoms. The van der Waals surface area contributed by atoms with Crippen molar-refractivity contribution in [3.05, 3.63) is 28.6 Å². The Morgan fingerprint density at radius 2 is 2.27 bits per heavy atom. The van der Waals surface area contributed by atoms with Crippen molar-refractivity contribution >= 4 is 37.9 Å². The number of sulfonamides is 1. The molecule has 1 unspecified atom stereocenters. The zero-order valence-corrected chi connectivity index (χ0v) is 14.7. The smallest absolute Gasteiger partial charge is 0.246 e. The molecule has 0 bridgehead atoms. The van der Waals surface area contributed by atoms with Gasteiger partial charge in [-0.1, -0.05) is 0 Å². The van der Waals surface area contributed by atoms with Crippen molar-refractivity contribution in [2.45, 2.75) is 25.3 Å². The molecule has 0 aromatic carbocycles. The third kappa shape index (κ3) is 5.26. The maximum atomic E-state index is 12.3. The third-order valence-corrected chi connectivity index (χ3v) is 4.59. The van der Waals surface area contributed by atoms with E-state index < -0.39 is 10.0 Å². The minimum absolute atomic E-state index is 0.107. The van der Waals surface area contributed by atoms with E-state index in [1.54, 1.807) is 23.1 Å². The van der Waals surface area contributed by atoms with Crippen molar-refractivity contribution in [1.29, 1.82) is 0 Å². The number of hydrogen-bond acceptors (Lipinski definition) is 4. The summed E-state index contributed by atoms with van der Waals surface area (Å²) in [6, 6.07) is 3.40. The lowest BCUT2D eigenvalue weighted by molar-refractivity contribution is -0.129. The first-order valence-electron chi connectivity index (χ1n) is 7.04. The van der Waals surface area contributed by atoms with Gasteiger partial charge in [-0.25, -0.2) is 13.1 Å². The molecule has 1 aliphatic rings. The van der Waals surface area contributed by atoms with Gasteiger partial charge in [-0.2, -0.15) is 0 Å². The molecule has 22 heavy (non-hydrogen) atoms. The van der Waals surface area contributed by atoms with Crippen molar-refractivity contribution in [2.75, 3.05) is 19.3 Å². The first kappa shape index (κ1) is 17.2. The van der Waals surface area contributed by atoms with Gasteiger partial charge in [-0.15, -0.1) is 0 Å². The molecule has 1 N–H and O–H groups in total. The number of carbonyl (C=O) groups excluding carboxylic acids is 1. The van der Waals surface area contributed by atoms with Crippen molar-refractivity contribution in [3.8, 4) is 0 Å². The van der Waals surface area contributed by atoms with E-state index >= 15 is 0 Å². The van der Waals surface area contributed by atoms with Crippen LogP contribution in [0.5, 0.6) is 0 Å². The summed E-state index contributed by atoms with van der Waals surface area (Å²) in [5, 5.41) is 0. The number of nitrogens with one attached hydrogen (secondary N) is 1. The number of amides is 1. The molecule has 122 valence electrons. The lowest BCUT2D eigenvalue weighted by Gasteiger charge is -2.35. The van der Waals surface area contributed by atoms with Gasteiger partial charge in [0.25, 0.3) is 0 Å². The average Bonchev–Trinajstić information content (AvgIpc) is 2.88. The van der Waals surface area contributed by atoms with Gasteiger partial charge in [0.15, 0.2) is 4.67 Å². The topological polar surface area (TPSA) is 79.6 Å². The summed E-state index contributed by atoms with van der Waals surface area (Å²) < 4.78 is 30.8. The summed E-state index contributed by atoms with van der Waals surface area (Å²) in [6.07, 6.45) is 6.92. The Labute approximate surface area is 138 Å². The van der Waals surface area contributed by atoms with Crippen molar-refractivity contribution in [2.24, 2.45) is 0 Å². The van der Waals surface area contributed by atoms with Crippen LogP contribution in [0.1, 0.15) is 25.0 Å². The summed E-state index contributed by atoms with van der Waals surface area (Å²) in [5.41, 5.74) is 0. The number of halogens is 1. The van der Waals surface area contributed by atoms with Crippen molar-refractivity contribution in [3.63, 3.8) is 0 Å². The minimum atomic E-state index is -3.25. The molecule has 1 fully saturated rings. The quantitative estimate of drug-likeness (QED) is 0.779. The average molecular weight is 391 g/mol. The molecule has 0 spiro atoms. The second-order valence-corrected chi connectivity index (χ2v) is 7.89. The third-order valence-electron chi connectivity index (χ3n) is 3.48. The van der Waals surface area contributed by atoms with Crippen LogP contribution in [0.3, 0.4) is 0 Å². The van der Waals surface area contributed by atoms with E-state index in [2.05, 4.69) is 20.7 Å². The molecular weight excluding hydrogens is 372 g/mol. The monoisotopic (exact) mass is 390 g/mol. The van der Waals surface area contributed by atoms with Crippen LogP contribution in [0.2, 0.25) is 0 Å². The fourth-order valence-corrected chi connectivity index (χ4v) is 3.23. The minimum Gasteiger partial charge on any atom is -0.450 e. The zero-order valence-electron chi connectivity index (χ0n) is 12.3. The van der Waals surface area contributed by atoms with Crippen molar-refractivity contribution < 1.29 is 17.6 Å². The standard InChI is InChI=1S/C14H19BrN2O4S/c1-22(19,20)16-10-11-4-2-3-9-17(11)14(18)8-6-12-5-7-13(15)21-12/h5-8,11,16H,2-4,9-10H2,1H3/b8-6+. The number of hydrogen-bond donors (Lipinski definition) is 1. The van der Waals surface area contributed by atoms with E-state index in [0.717, 1.165) is 25.5 Å². The highest BCUT2D eigenvalue weighted by Crippen LogP contribution is 2.18. The van der Waals surface area contributed by atoms with Crippen LogP contribution in [0.4, 0.5) is 0 Å². The van der Waals surface area contributed by atoms with Gasteiger partial charge in [0.1, 0.15) is 5.76 Å². The molecule has 0 radical (unpaired) electrons. The first-order valence-corrected chi connectivity index (χ1v) is 9.72. The number of rotatable bonds is 5. The van der Waals surface area contributed by atoms with Gasteiger partial charge in [-0.3, -0.25) is 4.79 Å². The normalized spacial score (nSPS) is 19.7. The van der Waals surface area contributed by atoms with Gasteiger partial charge < -0.3 is 9.32 Å². The van der Waals surface area contributed by atoms with Crippen LogP contribution in [0, 0.1) is 0 Å². The molecule has 1 aromatic rings. The largest absolute Gasteiger partial charge is 0.450 e. The Morgan fingerprint density at radius 1 is 1.50 bits per heavy atom. The van der Waals surface area contributed by atoms with Crippen LogP contribution in [0.15, 0.2) is 27.3 Å². The van der Waals surface area contributed by atoms with Crippen LogP contribution >= 0.6 is 15.9 Å². The Morgan fingerprint density at radius 3 is 2.91 bits per heavy atom. The fraction of sp³-hybridized carbons (Fsp3) is 0.500. The summed E-state index contributed by atoms with van der Waals surface area (Å²) >= 11 is 3.20. The van der Waals surface area contributed by atoms with Crippen molar-refractivity contribution in [1.82, 2.24) is 9.62 Å². The van der Waals surface area contributed by atoms with Gasteiger partial charge in [0.05, 0.1) is 6.26 Å². The highest BCUT2D eigenvalue weighted by molar-refractivity contribution is 9.10. The highest BCUT2D eigenvalue weighted by atomic mass is 79.9. The second kappa shape index (κ2) is 7.43. The van der Waals surface area contributed by atoms with Crippen LogP contribution in [-0.4, -0.2) is 44.6 Å². The maximum absolute atomic E-state index is 12.3. The van der Waals surface area contributed by atoms with E-state index in [-0.39, 0.29) is 18.5 Å². The SMILES string of the molecule is CS(=O)(=O)NCC1CCCCN1C(=O)/C=C/c1ccc(Br)o1.